The molecule has 0 aliphatic carbocycles. The highest BCUT2D eigenvalue weighted by atomic mass is 35.5. The molecule has 4 nitrogen and oxygen atoms in total. The molecule has 1 unspecified atom stereocenters. The summed E-state index contributed by atoms with van der Waals surface area (Å²) in [5.41, 5.74) is 3.23. The normalized spacial score (nSPS) is 12.2. The van der Waals surface area contributed by atoms with Crippen LogP contribution < -0.4 is 4.74 Å². The van der Waals surface area contributed by atoms with E-state index in [1.807, 2.05) is 48.9 Å². The summed E-state index contributed by atoms with van der Waals surface area (Å²) in [7, 11) is 1.94. The van der Waals surface area contributed by atoms with Crippen molar-refractivity contribution in [2.45, 2.75) is 37.8 Å². The summed E-state index contributed by atoms with van der Waals surface area (Å²) in [6.07, 6.45) is -0.221. The third-order valence-electron chi connectivity index (χ3n) is 4.50. The fourth-order valence-electron chi connectivity index (χ4n) is 2.71. The van der Waals surface area contributed by atoms with E-state index in [0.29, 0.717) is 15.8 Å². The molecule has 7 heteroatoms. The van der Waals surface area contributed by atoms with Gasteiger partial charge in [-0.05, 0) is 55.7 Å². The minimum atomic E-state index is -0.221. The first-order chi connectivity index (χ1) is 12.9. The summed E-state index contributed by atoms with van der Waals surface area (Å²) in [5, 5.41) is 10.7. The number of aromatic nitrogens is 3. The first kappa shape index (κ1) is 20.1. The van der Waals surface area contributed by atoms with Crippen molar-refractivity contribution in [3.8, 4) is 5.75 Å². The predicted molar refractivity (Wildman–Crippen MR) is 112 cm³/mol. The van der Waals surface area contributed by atoms with Gasteiger partial charge in [-0.15, -0.1) is 10.2 Å². The molecule has 1 atom stereocenters. The molecular weight excluding hydrogens is 401 g/mol. The molecule has 142 valence electrons. The summed E-state index contributed by atoms with van der Waals surface area (Å²) in [6.45, 7) is 6.11. The molecule has 0 aliphatic rings. The minimum absolute atomic E-state index is 0.221. The fraction of sp³-hybridized carbons (Fsp3) is 0.300. The lowest BCUT2D eigenvalue weighted by molar-refractivity contribution is 0.210. The van der Waals surface area contributed by atoms with E-state index in [2.05, 4.69) is 30.1 Å². The zero-order valence-corrected chi connectivity index (χ0v) is 18.0. The molecule has 0 saturated heterocycles. The number of ether oxygens (including phenoxy) is 1. The quantitative estimate of drug-likeness (QED) is 0.446. The summed E-state index contributed by atoms with van der Waals surface area (Å²) in [4.78, 5) is 0. The number of rotatable bonds is 6. The second kappa shape index (κ2) is 8.55. The first-order valence-corrected chi connectivity index (χ1v) is 10.3. The van der Waals surface area contributed by atoms with Gasteiger partial charge in [-0.25, -0.2) is 0 Å². The molecule has 0 amide bonds. The first-order valence-electron chi connectivity index (χ1n) is 8.56. The van der Waals surface area contributed by atoms with Gasteiger partial charge in [0.05, 0.1) is 0 Å². The molecule has 0 bridgehead atoms. The Labute approximate surface area is 173 Å². The maximum atomic E-state index is 6.25. The van der Waals surface area contributed by atoms with Crippen molar-refractivity contribution >= 4 is 35.0 Å². The highest BCUT2D eigenvalue weighted by Gasteiger charge is 2.19. The fourth-order valence-corrected chi connectivity index (χ4v) is 4.37. The zero-order chi connectivity index (χ0) is 19.6. The lowest BCUT2D eigenvalue weighted by Gasteiger charge is -2.17. The largest absolute Gasteiger partial charge is 0.482 e. The minimum Gasteiger partial charge on any atom is -0.482 e. The van der Waals surface area contributed by atoms with Gasteiger partial charge in [-0.2, -0.15) is 0 Å². The standard InChI is InChI=1S/C20H21Cl2N3OS/c1-12-7-5-10-18(13(12)2)26-14(3)19-23-24-20(25(19)4)27-11-15-16(21)8-6-9-17(15)22/h5-10,14H,11H2,1-4H3. The highest BCUT2D eigenvalue weighted by molar-refractivity contribution is 7.98. The Balaban J connectivity index is 1.74. The topological polar surface area (TPSA) is 39.9 Å². The van der Waals surface area contributed by atoms with Crippen LogP contribution in [0.4, 0.5) is 0 Å². The van der Waals surface area contributed by atoms with E-state index in [4.69, 9.17) is 27.9 Å². The second-order valence-electron chi connectivity index (χ2n) is 6.35. The molecule has 1 aromatic heterocycles. The van der Waals surface area contributed by atoms with Crippen molar-refractivity contribution in [2.24, 2.45) is 7.05 Å². The Morgan fingerprint density at radius 3 is 2.44 bits per heavy atom. The number of benzene rings is 2. The molecule has 3 rings (SSSR count). The summed E-state index contributed by atoms with van der Waals surface area (Å²) in [6, 6.07) is 11.6. The average Bonchev–Trinajstić information content (AvgIpc) is 2.99. The summed E-state index contributed by atoms with van der Waals surface area (Å²) >= 11 is 14.0. The van der Waals surface area contributed by atoms with Crippen LogP contribution in [0.25, 0.3) is 0 Å². The van der Waals surface area contributed by atoms with Gasteiger partial charge in [0.15, 0.2) is 17.1 Å². The lowest BCUT2D eigenvalue weighted by atomic mass is 10.1. The van der Waals surface area contributed by atoms with Gasteiger partial charge in [0.2, 0.25) is 0 Å². The molecular formula is C20H21Cl2N3OS. The van der Waals surface area contributed by atoms with Crippen LogP contribution in [0.1, 0.15) is 35.5 Å². The number of halogens is 2. The molecule has 0 radical (unpaired) electrons. The Hall–Kier alpha value is -1.69. The van der Waals surface area contributed by atoms with Gasteiger partial charge in [-0.1, -0.05) is 53.2 Å². The number of hydrogen-bond acceptors (Lipinski definition) is 4. The van der Waals surface area contributed by atoms with Crippen LogP contribution >= 0.6 is 35.0 Å². The molecule has 0 N–H and O–H groups in total. The molecule has 0 fully saturated rings. The van der Waals surface area contributed by atoms with E-state index in [-0.39, 0.29) is 6.10 Å². The Morgan fingerprint density at radius 1 is 1.07 bits per heavy atom. The Morgan fingerprint density at radius 2 is 1.74 bits per heavy atom. The Bertz CT molecular complexity index is 938. The van der Waals surface area contributed by atoms with Gasteiger partial charge in [0.25, 0.3) is 0 Å². The van der Waals surface area contributed by atoms with E-state index < -0.39 is 0 Å². The summed E-state index contributed by atoms with van der Waals surface area (Å²) in [5.74, 6) is 2.25. The van der Waals surface area contributed by atoms with E-state index in [1.54, 1.807) is 11.8 Å². The van der Waals surface area contributed by atoms with Crippen molar-refractivity contribution in [3.05, 3.63) is 69.0 Å². The van der Waals surface area contributed by atoms with Crippen molar-refractivity contribution in [1.29, 1.82) is 0 Å². The number of hydrogen-bond donors (Lipinski definition) is 0. The van der Waals surface area contributed by atoms with Crippen molar-refractivity contribution < 1.29 is 4.74 Å². The lowest BCUT2D eigenvalue weighted by Crippen LogP contribution is -2.10. The van der Waals surface area contributed by atoms with Gasteiger partial charge in [0.1, 0.15) is 5.75 Å². The highest BCUT2D eigenvalue weighted by Crippen LogP contribution is 2.32. The van der Waals surface area contributed by atoms with Crippen molar-refractivity contribution in [3.63, 3.8) is 0 Å². The smallest absolute Gasteiger partial charge is 0.191 e. The third kappa shape index (κ3) is 4.42. The molecule has 0 spiro atoms. The number of aryl methyl sites for hydroxylation is 1. The van der Waals surface area contributed by atoms with Gasteiger partial charge < -0.3 is 9.30 Å². The molecule has 27 heavy (non-hydrogen) atoms. The predicted octanol–water partition coefficient (Wildman–Crippen LogP) is 6.17. The van der Waals surface area contributed by atoms with E-state index in [9.17, 15) is 0 Å². The van der Waals surface area contributed by atoms with Gasteiger partial charge >= 0.3 is 0 Å². The average molecular weight is 422 g/mol. The van der Waals surface area contributed by atoms with E-state index in [1.165, 1.54) is 5.56 Å². The zero-order valence-electron chi connectivity index (χ0n) is 15.7. The number of nitrogens with zero attached hydrogens (tertiary/aromatic N) is 3. The van der Waals surface area contributed by atoms with E-state index >= 15 is 0 Å². The maximum absolute atomic E-state index is 6.25. The van der Waals surface area contributed by atoms with Crippen LogP contribution in [0.3, 0.4) is 0 Å². The molecule has 2 aromatic carbocycles. The van der Waals surface area contributed by atoms with Crippen LogP contribution in [-0.4, -0.2) is 14.8 Å². The van der Waals surface area contributed by atoms with Gasteiger partial charge in [-0.3, -0.25) is 0 Å². The van der Waals surface area contributed by atoms with E-state index in [0.717, 1.165) is 27.9 Å². The van der Waals surface area contributed by atoms with Crippen molar-refractivity contribution in [2.75, 3.05) is 0 Å². The van der Waals surface area contributed by atoms with Crippen LogP contribution in [0, 0.1) is 13.8 Å². The van der Waals surface area contributed by atoms with Gasteiger partial charge in [0, 0.05) is 22.8 Å². The SMILES string of the molecule is Cc1cccc(OC(C)c2nnc(SCc3c(Cl)cccc3Cl)n2C)c1C. The van der Waals surface area contributed by atoms with Crippen LogP contribution in [0.2, 0.25) is 10.0 Å². The Kier molecular flexibility index (Phi) is 6.35. The molecule has 0 aliphatic heterocycles. The number of thioether (sulfide) groups is 1. The van der Waals surface area contributed by atoms with Crippen LogP contribution in [-0.2, 0) is 12.8 Å². The molecule has 0 saturated carbocycles. The van der Waals surface area contributed by atoms with Crippen molar-refractivity contribution in [1.82, 2.24) is 14.8 Å². The third-order valence-corrected chi connectivity index (χ3v) is 6.25. The monoisotopic (exact) mass is 421 g/mol. The summed E-state index contributed by atoms with van der Waals surface area (Å²) < 4.78 is 8.08. The maximum Gasteiger partial charge on any atom is 0.191 e. The van der Waals surface area contributed by atoms with Crippen LogP contribution in [0.5, 0.6) is 5.75 Å². The molecule has 3 aromatic rings. The van der Waals surface area contributed by atoms with Crippen LogP contribution in [0.15, 0.2) is 41.6 Å². The molecule has 1 heterocycles. The second-order valence-corrected chi connectivity index (χ2v) is 8.10.